The molecule has 0 aliphatic rings. The number of hydrogen-bond donors (Lipinski definition) is 2. The molecule has 10 heteroatoms. The van der Waals surface area contributed by atoms with Crippen molar-refractivity contribution in [3.05, 3.63) is 67.1 Å². The molecule has 0 aliphatic heterocycles. The van der Waals surface area contributed by atoms with Crippen molar-refractivity contribution in [2.75, 3.05) is 37.9 Å². The van der Waals surface area contributed by atoms with Crippen molar-refractivity contribution in [3.8, 4) is 17.1 Å². The topological polar surface area (TPSA) is 105 Å². The number of benzene rings is 2. The zero-order valence-electron chi connectivity index (χ0n) is 18.7. The maximum absolute atomic E-state index is 13.7. The molecule has 34 heavy (non-hydrogen) atoms. The van der Waals surface area contributed by atoms with Crippen LogP contribution in [-0.4, -0.2) is 53.2 Å². The van der Waals surface area contributed by atoms with Crippen molar-refractivity contribution in [2.45, 2.75) is 0 Å². The van der Waals surface area contributed by atoms with Gasteiger partial charge in [0, 0.05) is 17.8 Å². The second-order valence-electron chi connectivity index (χ2n) is 7.63. The van der Waals surface area contributed by atoms with E-state index in [0.717, 1.165) is 6.54 Å². The van der Waals surface area contributed by atoms with Gasteiger partial charge in [-0.1, -0.05) is 23.9 Å². The Morgan fingerprint density at radius 1 is 1.26 bits per heavy atom. The van der Waals surface area contributed by atoms with Gasteiger partial charge in [-0.05, 0) is 50.5 Å². The molecule has 1 amide bonds. The van der Waals surface area contributed by atoms with Crippen molar-refractivity contribution in [3.63, 3.8) is 0 Å². The van der Waals surface area contributed by atoms with Gasteiger partial charge in [0.25, 0.3) is 0 Å². The fourth-order valence-electron chi connectivity index (χ4n) is 3.11. The SMILES string of the molecule is C=CC(=O)Nc1cc(Nc2ncc3noc(-c4cccc(F)c4)c3n2)ccc1OCCN(C)C. The highest BCUT2D eigenvalue weighted by atomic mass is 19.1. The smallest absolute Gasteiger partial charge is 0.247 e. The Balaban J connectivity index is 1.61. The number of anilines is 3. The minimum Gasteiger partial charge on any atom is -0.490 e. The van der Waals surface area contributed by atoms with Crippen LogP contribution < -0.4 is 15.4 Å². The Morgan fingerprint density at radius 3 is 2.88 bits per heavy atom. The first-order chi connectivity index (χ1) is 16.4. The van der Waals surface area contributed by atoms with Crippen LogP contribution in [0, 0.1) is 5.82 Å². The molecule has 0 spiro atoms. The highest BCUT2D eigenvalue weighted by Gasteiger charge is 2.15. The Labute approximate surface area is 195 Å². The second-order valence-corrected chi connectivity index (χ2v) is 7.63. The predicted octanol–water partition coefficient (Wildman–Crippen LogP) is 4.23. The van der Waals surface area contributed by atoms with Gasteiger partial charge >= 0.3 is 0 Å². The van der Waals surface area contributed by atoms with E-state index in [1.54, 1.807) is 30.3 Å². The summed E-state index contributed by atoms with van der Waals surface area (Å²) < 4.78 is 24.9. The molecule has 174 valence electrons. The molecule has 0 aliphatic carbocycles. The van der Waals surface area contributed by atoms with E-state index in [1.165, 1.54) is 24.4 Å². The number of likely N-dealkylation sites (N-methyl/N-ethyl adjacent to an activating group) is 1. The van der Waals surface area contributed by atoms with E-state index in [2.05, 4.69) is 32.3 Å². The minimum atomic E-state index is -0.392. The van der Waals surface area contributed by atoms with Gasteiger partial charge in [0.1, 0.15) is 23.7 Å². The van der Waals surface area contributed by atoms with E-state index >= 15 is 0 Å². The molecule has 2 aromatic heterocycles. The van der Waals surface area contributed by atoms with Crippen LogP contribution in [0.4, 0.5) is 21.7 Å². The summed E-state index contributed by atoms with van der Waals surface area (Å²) in [5, 5.41) is 9.81. The van der Waals surface area contributed by atoms with Crippen molar-refractivity contribution < 1.29 is 18.4 Å². The van der Waals surface area contributed by atoms with Crippen LogP contribution in [-0.2, 0) is 4.79 Å². The normalized spacial score (nSPS) is 10.9. The number of ether oxygens (including phenoxy) is 1. The molecular formula is C24H23FN6O3. The first-order valence-electron chi connectivity index (χ1n) is 10.4. The van der Waals surface area contributed by atoms with Gasteiger partial charge in [-0.2, -0.15) is 0 Å². The van der Waals surface area contributed by atoms with Gasteiger partial charge in [0.2, 0.25) is 11.9 Å². The molecule has 0 radical (unpaired) electrons. The monoisotopic (exact) mass is 462 g/mol. The molecule has 4 aromatic rings. The summed E-state index contributed by atoms with van der Waals surface area (Å²) in [6, 6.07) is 11.2. The number of rotatable bonds is 9. The van der Waals surface area contributed by atoms with Crippen LogP contribution in [0.2, 0.25) is 0 Å². The number of fused-ring (bicyclic) bond motifs is 1. The van der Waals surface area contributed by atoms with Gasteiger partial charge in [0.05, 0.1) is 11.9 Å². The maximum atomic E-state index is 13.7. The highest BCUT2D eigenvalue weighted by molar-refractivity contribution is 6.00. The molecule has 4 rings (SSSR count). The third kappa shape index (κ3) is 5.36. The molecule has 0 unspecified atom stereocenters. The van der Waals surface area contributed by atoms with Crippen molar-refractivity contribution in [1.29, 1.82) is 0 Å². The lowest BCUT2D eigenvalue weighted by Crippen LogP contribution is -2.20. The number of nitrogens with zero attached hydrogens (tertiary/aromatic N) is 4. The molecular weight excluding hydrogens is 439 g/mol. The molecule has 2 heterocycles. The van der Waals surface area contributed by atoms with Crippen LogP contribution in [0.3, 0.4) is 0 Å². The molecule has 0 bridgehead atoms. The fourth-order valence-corrected chi connectivity index (χ4v) is 3.11. The first-order valence-corrected chi connectivity index (χ1v) is 10.4. The minimum absolute atomic E-state index is 0.274. The lowest BCUT2D eigenvalue weighted by molar-refractivity contribution is -0.111. The van der Waals surface area contributed by atoms with E-state index in [0.29, 0.717) is 46.1 Å². The fraction of sp³-hybridized carbons (Fsp3) is 0.167. The molecule has 2 N–H and O–H groups in total. The summed E-state index contributed by atoms with van der Waals surface area (Å²) >= 11 is 0. The summed E-state index contributed by atoms with van der Waals surface area (Å²) in [6.07, 6.45) is 2.69. The number of halogens is 1. The summed E-state index contributed by atoms with van der Waals surface area (Å²) in [5.41, 5.74) is 2.48. The van der Waals surface area contributed by atoms with E-state index in [-0.39, 0.29) is 11.9 Å². The third-order valence-electron chi connectivity index (χ3n) is 4.78. The number of aromatic nitrogens is 3. The molecule has 9 nitrogen and oxygen atoms in total. The van der Waals surface area contributed by atoms with Gasteiger partial charge in [-0.3, -0.25) is 4.79 Å². The Bertz CT molecular complexity index is 1340. The first kappa shape index (κ1) is 22.9. The molecule has 0 fully saturated rings. The van der Waals surface area contributed by atoms with E-state index in [4.69, 9.17) is 9.26 Å². The molecule has 0 saturated carbocycles. The maximum Gasteiger partial charge on any atom is 0.247 e. The standard InChI is InChI=1S/C24H23FN6O3/c1-4-21(32)28-18-13-17(8-9-20(18)33-11-10-31(2)3)27-24-26-14-19-22(29-24)23(34-30-19)15-6-5-7-16(25)12-15/h4-9,12-14H,1,10-11H2,2-3H3,(H,27,29)(H,28,32). The average Bonchev–Trinajstić information content (AvgIpc) is 3.23. The second kappa shape index (κ2) is 10.1. The lowest BCUT2D eigenvalue weighted by Gasteiger charge is -2.15. The van der Waals surface area contributed by atoms with Crippen LogP contribution in [0.15, 0.2) is 65.8 Å². The van der Waals surface area contributed by atoms with Crippen LogP contribution in [0.25, 0.3) is 22.4 Å². The van der Waals surface area contributed by atoms with Crippen molar-refractivity contribution in [2.24, 2.45) is 0 Å². The zero-order chi connectivity index (χ0) is 24.1. The summed E-state index contributed by atoms with van der Waals surface area (Å²) in [7, 11) is 3.89. The Morgan fingerprint density at radius 2 is 2.12 bits per heavy atom. The van der Waals surface area contributed by atoms with E-state index in [1.807, 2.05) is 19.0 Å². The summed E-state index contributed by atoms with van der Waals surface area (Å²) in [4.78, 5) is 22.7. The molecule has 0 atom stereocenters. The zero-order valence-corrected chi connectivity index (χ0v) is 18.7. The molecule has 2 aromatic carbocycles. The van der Waals surface area contributed by atoms with Gasteiger partial charge in [-0.15, -0.1) is 0 Å². The number of carbonyl (C=O) groups excluding carboxylic acids is 1. The van der Waals surface area contributed by atoms with Gasteiger partial charge in [-0.25, -0.2) is 14.4 Å². The average molecular weight is 462 g/mol. The number of carbonyl (C=O) groups is 1. The van der Waals surface area contributed by atoms with Crippen molar-refractivity contribution >= 4 is 34.3 Å². The molecule has 0 saturated heterocycles. The third-order valence-corrected chi connectivity index (χ3v) is 4.78. The van der Waals surface area contributed by atoms with Gasteiger partial charge in [0.15, 0.2) is 11.3 Å². The number of nitrogens with one attached hydrogen (secondary N) is 2. The quantitative estimate of drug-likeness (QED) is 0.356. The summed E-state index contributed by atoms with van der Waals surface area (Å²) in [6.45, 7) is 4.66. The Kier molecular flexibility index (Phi) is 6.79. The lowest BCUT2D eigenvalue weighted by atomic mass is 10.1. The largest absolute Gasteiger partial charge is 0.490 e. The van der Waals surface area contributed by atoms with E-state index < -0.39 is 5.82 Å². The van der Waals surface area contributed by atoms with Crippen LogP contribution >= 0.6 is 0 Å². The van der Waals surface area contributed by atoms with Crippen LogP contribution in [0.5, 0.6) is 5.75 Å². The van der Waals surface area contributed by atoms with Crippen molar-refractivity contribution in [1.82, 2.24) is 20.0 Å². The van der Waals surface area contributed by atoms with E-state index in [9.17, 15) is 9.18 Å². The van der Waals surface area contributed by atoms with Crippen LogP contribution in [0.1, 0.15) is 0 Å². The number of hydrogen-bond acceptors (Lipinski definition) is 8. The summed E-state index contributed by atoms with van der Waals surface area (Å²) in [5.74, 6) is 0.374. The Hall–Kier alpha value is -4.31. The number of amides is 1. The highest BCUT2D eigenvalue weighted by Crippen LogP contribution is 2.31. The predicted molar refractivity (Wildman–Crippen MR) is 128 cm³/mol. The van der Waals surface area contributed by atoms with Gasteiger partial charge < -0.3 is 24.8 Å².